The molecular weight excluding hydrogens is 349 g/mol. The predicted octanol–water partition coefficient (Wildman–Crippen LogP) is 2.13. The number of hydrogen-bond donors (Lipinski definition) is 2. The minimum absolute atomic E-state index is 0.195. The number of amides is 1. The smallest absolute Gasteiger partial charge is 0.416 e. The lowest BCUT2D eigenvalue weighted by molar-refractivity contribution is -0.137. The van der Waals surface area contributed by atoms with Gasteiger partial charge in [0.05, 0.1) is 10.5 Å². The molecule has 24 heavy (non-hydrogen) atoms. The molecule has 2 aliphatic rings. The normalized spacial score (nSPS) is 20.5. The largest absolute Gasteiger partial charge is 0.465 e. The van der Waals surface area contributed by atoms with Crippen molar-refractivity contribution in [3.63, 3.8) is 0 Å². The van der Waals surface area contributed by atoms with Crippen molar-refractivity contribution in [3.8, 4) is 0 Å². The fourth-order valence-corrected chi connectivity index (χ4v) is 4.63. The van der Waals surface area contributed by atoms with Crippen molar-refractivity contribution < 1.29 is 31.5 Å². The standard InChI is InChI=1S/C14H15F3N2O4S/c15-14(16,17)9-2-1-3-11(4-9)24(22,23)18-10-5-13(6-10)7-19(8-13)12(20)21/h1-4,10,18H,5-8H2,(H,20,21). The summed E-state index contributed by atoms with van der Waals surface area (Å²) in [5.41, 5.74) is -1.22. The summed E-state index contributed by atoms with van der Waals surface area (Å²) >= 11 is 0. The minimum Gasteiger partial charge on any atom is -0.465 e. The van der Waals surface area contributed by atoms with Gasteiger partial charge in [-0.3, -0.25) is 0 Å². The quantitative estimate of drug-likeness (QED) is 0.860. The van der Waals surface area contributed by atoms with Crippen LogP contribution in [0.5, 0.6) is 0 Å². The van der Waals surface area contributed by atoms with Crippen LogP contribution >= 0.6 is 0 Å². The van der Waals surface area contributed by atoms with Crippen LogP contribution in [-0.4, -0.2) is 43.6 Å². The van der Waals surface area contributed by atoms with Gasteiger partial charge >= 0.3 is 12.3 Å². The van der Waals surface area contributed by atoms with E-state index in [9.17, 15) is 26.4 Å². The number of halogens is 3. The van der Waals surface area contributed by atoms with Crippen molar-refractivity contribution in [2.24, 2.45) is 5.41 Å². The Labute approximate surface area is 136 Å². The maximum Gasteiger partial charge on any atom is 0.416 e. The minimum atomic E-state index is -4.61. The summed E-state index contributed by atoms with van der Waals surface area (Å²) in [6.07, 6.45) is -4.66. The number of carboxylic acid groups (broad SMARTS) is 1. The molecule has 0 atom stereocenters. The Bertz CT molecular complexity index is 764. The van der Waals surface area contributed by atoms with Crippen LogP contribution < -0.4 is 4.72 Å². The van der Waals surface area contributed by atoms with Crippen LogP contribution in [0.3, 0.4) is 0 Å². The Morgan fingerprint density at radius 3 is 2.46 bits per heavy atom. The molecule has 0 bridgehead atoms. The summed E-state index contributed by atoms with van der Waals surface area (Å²) in [6.45, 7) is 0.730. The average molecular weight is 364 g/mol. The Morgan fingerprint density at radius 1 is 1.29 bits per heavy atom. The van der Waals surface area contributed by atoms with Gasteiger partial charge in [0.25, 0.3) is 0 Å². The predicted molar refractivity (Wildman–Crippen MR) is 76.8 cm³/mol. The van der Waals surface area contributed by atoms with Crippen molar-refractivity contribution in [3.05, 3.63) is 29.8 Å². The molecule has 0 aromatic heterocycles. The van der Waals surface area contributed by atoms with E-state index >= 15 is 0 Å². The number of nitrogens with one attached hydrogen (secondary N) is 1. The Hall–Kier alpha value is -1.81. The van der Waals surface area contributed by atoms with Gasteiger partial charge in [-0.25, -0.2) is 17.9 Å². The molecule has 0 radical (unpaired) electrons. The first-order valence-electron chi connectivity index (χ1n) is 7.18. The first kappa shape index (κ1) is 17.0. The highest BCUT2D eigenvalue weighted by Crippen LogP contribution is 2.48. The van der Waals surface area contributed by atoms with Crippen LogP contribution in [0.15, 0.2) is 29.2 Å². The van der Waals surface area contributed by atoms with E-state index in [1.54, 1.807) is 0 Å². The highest BCUT2D eigenvalue weighted by atomic mass is 32.2. The fraction of sp³-hybridized carbons (Fsp3) is 0.500. The molecule has 1 amide bonds. The second-order valence-electron chi connectivity index (χ2n) is 6.39. The van der Waals surface area contributed by atoms with Gasteiger partial charge in [-0.2, -0.15) is 13.2 Å². The average Bonchev–Trinajstić information content (AvgIpc) is 2.38. The molecule has 3 rings (SSSR count). The summed E-state index contributed by atoms with van der Waals surface area (Å²) in [6, 6.07) is 3.19. The molecule has 1 aromatic carbocycles. The molecule has 1 aliphatic carbocycles. The lowest BCUT2D eigenvalue weighted by Gasteiger charge is -2.58. The second-order valence-corrected chi connectivity index (χ2v) is 8.10. The first-order chi connectivity index (χ1) is 11.0. The van der Waals surface area contributed by atoms with Gasteiger partial charge in [0.2, 0.25) is 10.0 Å². The number of likely N-dealkylation sites (tertiary alicyclic amines) is 1. The van der Waals surface area contributed by atoms with Crippen LogP contribution in [-0.2, 0) is 16.2 Å². The third kappa shape index (κ3) is 3.07. The van der Waals surface area contributed by atoms with Crippen molar-refractivity contribution in [2.75, 3.05) is 13.1 Å². The zero-order valence-electron chi connectivity index (χ0n) is 12.4. The van der Waals surface area contributed by atoms with Gasteiger partial charge in [0.15, 0.2) is 0 Å². The number of sulfonamides is 1. The van der Waals surface area contributed by atoms with Crippen LogP contribution in [0, 0.1) is 5.41 Å². The van der Waals surface area contributed by atoms with Crippen molar-refractivity contribution in [2.45, 2.75) is 30.0 Å². The molecule has 1 heterocycles. The van der Waals surface area contributed by atoms with E-state index in [1.807, 2.05) is 0 Å². The van der Waals surface area contributed by atoms with Gasteiger partial charge < -0.3 is 10.0 Å². The molecule has 1 saturated heterocycles. The van der Waals surface area contributed by atoms with E-state index < -0.39 is 32.8 Å². The number of nitrogens with zero attached hydrogens (tertiary/aromatic N) is 1. The van der Waals surface area contributed by atoms with Gasteiger partial charge in [-0.1, -0.05) is 6.07 Å². The van der Waals surface area contributed by atoms with E-state index in [1.165, 1.54) is 4.90 Å². The number of carbonyl (C=O) groups is 1. The van der Waals surface area contributed by atoms with Gasteiger partial charge in [0.1, 0.15) is 0 Å². The molecule has 1 saturated carbocycles. The Kier molecular flexibility index (Phi) is 3.79. The summed E-state index contributed by atoms with van der Waals surface area (Å²) in [4.78, 5) is 11.6. The first-order valence-corrected chi connectivity index (χ1v) is 8.67. The van der Waals surface area contributed by atoms with E-state index in [0.717, 1.165) is 18.2 Å². The zero-order chi connectivity index (χ0) is 17.8. The van der Waals surface area contributed by atoms with E-state index in [2.05, 4.69) is 4.72 Å². The molecule has 2 N–H and O–H groups in total. The zero-order valence-corrected chi connectivity index (χ0v) is 13.2. The molecule has 0 unspecified atom stereocenters. The summed E-state index contributed by atoms with van der Waals surface area (Å²) in [7, 11) is -4.05. The Balaban J connectivity index is 1.63. The van der Waals surface area contributed by atoms with E-state index in [-0.39, 0.29) is 11.5 Å². The Morgan fingerprint density at radius 2 is 1.92 bits per heavy atom. The number of benzene rings is 1. The van der Waals surface area contributed by atoms with Crippen LogP contribution in [0.25, 0.3) is 0 Å². The highest BCUT2D eigenvalue weighted by Gasteiger charge is 2.54. The van der Waals surface area contributed by atoms with Crippen LogP contribution in [0.4, 0.5) is 18.0 Å². The van der Waals surface area contributed by atoms with Crippen LogP contribution in [0.1, 0.15) is 18.4 Å². The number of alkyl halides is 3. The van der Waals surface area contributed by atoms with E-state index in [0.29, 0.717) is 32.0 Å². The third-order valence-electron chi connectivity index (χ3n) is 4.48. The second kappa shape index (κ2) is 5.35. The monoisotopic (exact) mass is 364 g/mol. The molecule has 2 fully saturated rings. The van der Waals surface area contributed by atoms with Gasteiger partial charge in [-0.15, -0.1) is 0 Å². The third-order valence-corrected chi connectivity index (χ3v) is 5.99. The van der Waals surface area contributed by atoms with Crippen molar-refractivity contribution in [1.82, 2.24) is 9.62 Å². The topological polar surface area (TPSA) is 86.7 Å². The molecule has 1 spiro atoms. The summed E-state index contributed by atoms with van der Waals surface area (Å²) in [5.74, 6) is 0. The van der Waals surface area contributed by atoms with Gasteiger partial charge in [-0.05, 0) is 31.0 Å². The lowest BCUT2D eigenvalue weighted by Crippen LogP contribution is -2.67. The molecule has 10 heteroatoms. The summed E-state index contributed by atoms with van der Waals surface area (Å²) in [5, 5.41) is 8.80. The lowest BCUT2D eigenvalue weighted by atomic mass is 9.61. The fourth-order valence-electron chi connectivity index (χ4n) is 3.35. The summed E-state index contributed by atoms with van der Waals surface area (Å²) < 4.78 is 64.9. The van der Waals surface area contributed by atoms with Gasteiger partial charge in [0, 0.05) is 24.5 Å². The number of rotatable bonds is 3. The number of hydrogen-bond acceptors (Lipinski definition) is 3. The van der Waals surface area contributed by atoms with Crippen molar-refractivity contribution in [1.29, 1.82) is 0 Å². The van der Waals surface area contributed by atoms with E-state index in [4.69, 9.17) is 5.11 Å². The molecule has 1 aliphatic heterocycles. The molecule has 132 valence electrons. The molecular formula is C14H15F3N2O4S. The van der Waals surface area contributed by atoms with Crippen LogP contribution in [0.2, 0.25) is 0 Å². The highest BCUT2D eigenvalue weighted by molar-refractivity contribution is 7.89. The molecule has 1 aromatic rings. The maximum atomic E-state index is 12.7. The molecule has 6 nitrogen and oxygen atoms in total. The van der Waals surface area contributed by atoms with Crippen molar-refractivity contribution >= 4 is 16.1 Å². The SMILES string of the molecule is O=C(O)N1CC2(CC(NS(=O)(=O)c3cccc(C(F)(F)F)c3)C2)C1. The maximum absolute atomic E-state index is 12.7.